The number of aryl methyl sites for hydroxylation is 1. The molecule has 188 valence electrons. The number of ether oxygens (including phenoxy) is 1. The molecule has 0 bridgehead atoms. The van der Waals surface area contributed by atoms with Gasteiger partial charge in [-0.05, 0) is 49.9 Å². The molecule has 1 N–H and O–H groups in total. The molecule has 0 saturated heterocycles. The summed E-state index contributed by atoms with van der Waals surface area (Å²) in [6.07, 6.45) is 8.46. The molecular weight excluding hydrogens is 474 g/mol. The zero-order valence-electron chi connectivity index (χ0n) is 20.3. The van der Waals surface area contributed by atoms with E-state index in [1.165, 1.54) is 12.1 Å². The number of hydrogen-bond donors (Lipinski definition) is 1. The molecule has 37 heavy (non-hydrogen) atoms. The lowest BCUT2D eigenvalue weighted by Gasteiger charge is -2.29. The summed E-state index contributed by atoms with van der Waals surface area (Å²) in [5, 5.41) is 13.7. The lowest BCUT2D eigenvalue weighted by Crippen LogP contribution is -2.26. The molecule has 0 aliphatic heterocycles. The summed E-state index contributed by atoms with van der Waals surface area (Å²) >= 11 is 0. The number of anilines is 2. The van der Waals surface area contributed by atoms with E-state index in [0.717, 1.165) is 52.6 Å². The molecule has 1 aliphatic carbocycles. The fraction of sp³-hybridized carbons (Fsp3) is 0.250. The first-order valence-corrected chi connectivity index (χ1v) is 12.3. The number of benzene rings is 2. The van der Waals surface area contributed by atoms with Crippen LogP contribution in [0.25, 0.3) is 22.2 Å². The van der Waals surface area contributed by atoms with Gasteiger partial charge in [0.05, 0.1) is 23.9 Å². The predicted octanol–water partition coefficient (Wildman–Crippen LogP) is 6.42. The zero-order valence-corrected chi connectivity index (χ0v) is 20.3. The molecule has 9 heteroatoms. The summed E-state index contributed by atoms with van der Waals surface area (Å²) in [6.45, 7) is 0. The van der Waals surface area contributed by atoms with Crippen molar-refractivity contribution < 1.29 is 13.5 Å². The number of fused-ring (bicyclic) bond motifs is 1. The average Bonchev–Trinajstić information content (AvgIpc) is 3.51. The van der Waals surface area contributed by atoms with E-state index >= 15 is 0 Å². The van der Waals surface area contributed by atoms with Gasteiger partial charge in [-0.1, -0.05) is 24.3 Å². The summed E-state index contributed by atoms with van der Waals surface area (Å²) < 4.78 is 37.4. The third-order valence-electron chi connectivity index (χ3n) is 6.82. The first-order chi connectivity index (χ1) is 18.0. The molecule has 6 rings (SSSR count). The van der Waals surface area contributed by atoms with Crippen molar-refractivity contribution in [2.75, 3.05) is 5.32 Å². The monoisotopic (exact) mass is 500 g/mol. The Morgan fingerprint density at radius 3 is 2.54 bits per heavy atom. The quantitative estimate of drug-likeness (QED) is 0.292. The van der Waals surface area contributed by atoms with Gasteiger partial charge in [0.25, 0.3) is 0 Å². The molecule has 0 radical (unpaired) electrons. The van der Waals surface area contributed by atoms with E-state index in [4.69, 9.17) is 9.84 Å². The number of aromatic nitrogens is 5. The maximum Gasteiger partial charge on any atom is 0.200 e. The maximum atomic E-state index is 14.1. The van der Waals surface area contributed by atoms with Crippen molar-refractivity contribution in [2.45, 2.75) is 37.8 Å². The molecule has 5 aromatic rings. The number of rotatable bonds is 6. The molecule has 3 heterocycles. The van der Waals surface area contributed by atoms with Crippen LogP contribution in [-0.4, -0.2) is 30.6 Å². The maximum absolute atomic E-state index is 14.1. The summed E-state index contributed by atoms with van der Waals surface area (Å²) in [6, 6.07) is 16.1. The highest BCUT2D eigenvalue weighted by Gasteiger charge is 2.28. The highest BCUT2D eigenvalue weighted by atomic mass is 19.2. The molecule has 3 aromatic heterocycles. The molecule has 1 saturated carbocycles. The van der Waals surface area contributed by atoms with E-state index in [2.05, 4.69) is 20.1 Å². The molecular formula is C28H26F2N6O. The fourth-order valence-corrected chi connectivity index (χ4v) is 4.97. The van der Waals surface area contributed by atoms with Gasteiger partial charge in [0.1, 0.15) is 11.5 Å². The lowest BCUT2D eigenvalue weighted by atomic mass is 9.93. The van der Waals surface area contributed by atoms with Crippen molar-refractivity contribution >= 4 is 22.4 Å². The van der Waals surface area contributed by atoms with Gasteiger partial charge < -0.3 is 10.1 Å². The van der Waals surface area contributed by atoms with Gasteiger partial charge >= 0.3 is 0 Å². The van der Waals surface area contributed by atoms with E-state index in [1.807, 2.05) is 55.8 Å². The number of halogens is 2. The van der Waals surface area contributed by atoms with Crippen LogP contribution in [0.3, 0.4) is 0 Å². The summed E-state index contributed by atoms with van der Waals surface area (Å²) in [5.74, 6) is -1.13. The predicted molar refractivity (Wildman–Crippen MR) is 138 cm³/mol. The summed E-state index contributed by atoms with van der Waals surface area (Å²) in [7, 11) is 1.88. The van der Waals surface area contributed by atoms with Crippen LogP contribution in [-0.2, 0) is 7.05 Å². The summed E-state index contributed by atoms with van der Waals surface area (Å²) in [5.41, 5.74) is 3.69. The second-order valence-corrected chi connectivity index (χ2v) is 9.37. The Labute approximate surface area is 212 Å². The molecule has 2 aromatic carbocycles. The number of para-hydroxylation sites is 1. The van der Waals surface area contributed by atoms with E-state index in [-0.39, 0.29) is 17.9 Å². The summed E-state index contributed by atoms with van der Waals surface area (Å²) in [4.78, 5) is 4.65. The minimum atomic E-state index is -0.935. The van der Waals surface area contributed by atoms with Crippen LogP contribution in [0.2, 0.25) is 0 Å². The first kappa shape index (κ1) is 23.1. The van der Waals surface area contributed by atoms with Gasteiger partial charge in [-0.15, -0.1) is 0 Å². The Balaban J connectivity index is 1.29. The number of hydrogen-bond acceptors (Lipinski definition) is 5. The van der Waals surface area contributed by atoms with Crippen molar-refractivity contribution in [3.8, 4) is 17.0 Å². The van der Waals surface area contributed by atoms with E-state index in [1.54, 1.807) is 10.9 Å². The Hall–Kier alpha value is -4.27. The average molecular weight is 501 g/mol. The minimum Gasteiger partial charge on any atom is -0.487 e. The van der Waals surface area contributed by atoms with Gasteiger partial charge in [0.15, 0.2) is 11.6 Å². The van der Waals surface area contributed by atoms with Gasteiger partial charge in [0.2, 0.25) is 5.82 Å². The Bertz CT molecular complexity index is 1540. The molecule has 0 amide bonds. The van der Waals surface area contributed by atoms with Crippen LogP contribution >= 0.6 is 0 Å². The highest BCUT2D eigenvalue weighted by molar-refractivity contribution is 5.94. The lowest BCUT2D eigenvalue weighted by molar-refractivity contribution is 0.125. The Morgan fingerprint density at radius 2 is 1.78 bits per heavy atom. The van der Waals surface area contributed by atoms with E-state index in [0.29, 0.717) is 12.8 Å². The third-order valence-corrected chi connectivity index (χ3v) is 6.82. The molecule has 0 spiro atoms. The van der Waals surface area contributed by atoms with Crippen molar-refractivity contribution in [3.05, 3.63) is 84.8 Å². The van der Waals surface area contributed by atoms with Crippen LogP contribution in [0, 0.1) is 11.6 Å². The van der Waals surface area contributed by atoms with Crippen LogP contribution in [0.15, 0.2) is 73.2 Å². The van der Waals surface area contributed by atoms with Crippen molar-refractivity contribution in [1.29, 1.82) is 0 Å². The molecule has 0 atom stereocenters. The van der Waals surface area contributed by atoms with Gasteiger partial charge in [0, 0.05) is 42.1 Å². The van der Waals surface area contributed by atoms with Crippen molar-refractivity contribution in [3.63, 3.8) is 0 Å². The topological polar surface area (TPSA) is 69.8 Å². The van der Waals surface area contributed by atoms with Gasteiger partial charge in [-0.2, -0.15) is 14.6 Å². The zero-order chi connectivity index (χ0) is 25.4. The van der Waals surface area contributed by atoms with E-state index in [9.17, 15) is 8.78 Å². The molecule has 0 unspecified atom stereocenters. The minimum absolute atomic E-state index is 0.0328. The molecule has 1 fully saturated rings. The first-order valence-electron chi connectivity index (χ1n) is 12.3. The Morgan fingerprint density at radius 1 is 0.973 bits per heavy atom. The van der Waals surface area contributed by atoms with E-state index < -0.39 is 11.6 Å². The smallest absolute Gasteiger partial charge is 0.200 e. The third kappa shape index (κ3) is 4.64. The normalized spacial score (nSPS) is 17.7. The number of nitrogens with one attached hydrogen (secondary N) is 1. The number of pyridine rings is 1. The van der Waals surface area contributed by atoms with Crippen LogP contribution < -0.4 is 10.1 Å². The fourth-order valence-electron chi connectivity index (χ4n) is 4.97. The van der Waals surface area contributed by atoms with Crippen LogP contribution in [0.4, 0.5) is 20.3 Å². The Kier molecular flexibility index (Phi) is 6.04. The van der Waals surface area contributed by atoms with Crippen LogP contribution in [0.1, 0.15) is 31.7 Å². The van der Waals surface area contributed by atoms with Crippen LogP contribution in [0.5, 0.6) is 5.75 Å². The number of nitrogens with zero attached hydrogens (tertiary/aromatic N) is 5. The highest BCUT2D eigenvalue weighted by Crippen LogP contribution is 2.37. The standard InChI is InChI=1S/C28H26F2N6O/c1-35-17-18(15-32-35)28-22-16-31-26(33-19-6-3-2-4-7-19)14-24(22)36(34-28)20-10-12-21(13-11-20)37-25-9-5-8-23(29)27(25)30/h2-9,14-17,20-21H,10-13H2,1H3,(H,31,33). The second kappa shape index (κ2) is 9.65. The van der Waals surface area contributed by atoms with Gasteiger partial charge in [-0.3, -0.25) is 9.36 Å². The molecule has 1 aliphatic rings. The van der Waals surface area contributed by atoms with Crippen molar-refractivity contribution in [1.82, 2.24) is 24.5 Å². The molecule has 7 nitrogen and oxygen atoms in total. The van der Waals surface area contributed by atoms with Crippen molar-refractivity contribution in [2.24, 2.45) is 7.05 Å². The van der Waals surface area contributed by atoms with Gasteiger partial charge in [-0.25, -0.2) is 9.37 Å². The largest absolute Gasteiger partial charge is 0.487 e. The second-order valence-electron chi connectivity index (χ2n) is 9.37. The SMILES string of the molecule is Cn1cc(-c2nn(C3CCC(Oc4cccc(F)c4F)CC3)c3cc(Nc4ccccc4)ncc23)cn1.